The SMILES string of the molecule is Cc1ccc(C(=O)OC[C@H]2OC(n3cc(CCO)c4c(Cl)nc(S(C)(=O)=O)nc43)C[C@@H]2OC(=O)c2ccc(C)cc2)cc1. The summed E-state index contributed by atoms with van der Waals surface area (Å²) in [7, 11) is -3.82. The summed E-state index contributed by atoms with van der Waals surface area (Å²) < 4.78 is 43.9. The molecule has 3 heterocycles. The number of aliphatic hydroxyl groups excluding tert-OH is 1. The van der Waals surface area contributed by atoms with Crippen molar-refractivity contribution in [2.45, 2.75) is 50.3 Å². The van der Waals surface area contributed by atoms with Gasteiger partial charge in [0.15, 0.2) is 0 Å². The van der Waals surface area contributed by atoms with Crippen LogP contribution in [0.3, 0.4) is 0 Å². The Morgan fingerprint density at radius 2 is 1.63 bits per heavy atom. The first-order valence-electron chi connectivity index (χ1n) is 13.5. The van der Waals surface area contributed by atoms with Gasteiger partial charge in [0.05, 0.1) is 16.5 Å². The van der Waals surface area contributed by atoms with E-state index in [1.165, 1.54) is 0 Å². The molecule has 1 N–H and O–H groups in total. The van der Waals surface area contributed by atoms with Crippen molar-refractivity contribution in [1.82, 2.24) is 14.5 Å². The van der Waals surface area contributed by atoms with Crippen molar-refractivity contribution in [1.29, 1.82) is 0 Å². The fraction of sp³-hybridized carbons (Fsp3) is 0.333. The van der Waals surface area contributed by atoms with E-state index in [-0.39, 0.29) is 36.9 Å². The fourth-order valence-corrected chi connectivity index (χ4v) is 5.67. The Bertz CT molecular complexity index is 1770. The molecule has 43 heavy (non-hydrogen) atoms. The molecule has 2 aromatic heterocycles. The van der Waals surface area contributed by atoms with E-state index in [0.29, 0.717) is 22.1 Å². The van der Waals surface area contributed by atoms with Crippen molar-refractivity contribution in [3.05, 3.63) is 87.7 Å². The van der Waals surface area contributed by atoms with E-state index in [2.05, 4.69) is 9.97 Å². The van der Waals surface area contributed by atoms with Crippen molar-refractivity contribution in [2.75, 3.05) is 19.5 Å². The number of esters is 2. The van der Waals surface area contributed by atoms with Gasteiger partial charge in [0.1, 0.15) is 35.8 Å². The van der Waals surface area contributed by atoms with Crippen LogP contribution in [-0.2, 0) is 30.5 Å². The molecule has 0 bridgehead atoms. The van der Waals surface area contributed by atoms with Crippen molar-refractivity contribution >= 4 is 44.4 Å². The molecule has 0 spiro atoms. The maximum absolute atomic E-state index is 13.1. The summed E-state index contributed by atoms with van der Waals surface area (Å²) in [6.45, 7) is 3.38. The minimum absolute atomic E-state index is 0.0865. The number of aromatic nitrogens is 3. The third-order valence-electron chi connectivity index (χ3n) is 7.10. The Kier molecular flexibility index (Phi) is 8.84. The lowest BCUT2D eigenvalue weighted by Gasteiger charge is -2.19. The van der Waals surface area contributed by atoms with Crippen LogP contribution in [0, 0.1) is 13.8 Å². The highest BCUT2D eigenvalue weighted by molar-refractivity contribution is 7.90. The predicted molar refractivity (Wildman–Crippen MR) is 157 cm³/mol. The van der Waals surface area contributed by atoms with E-state index in [1.807, 2.05) is 13.8 Å². The van der Waals surface area contributed by atoms with Gasteiger partial charge in [0, 0.05) is 25.5 Å². The largest absolute Gasteiger partial charge is 0.459 e. The molecule has 4 aromatic rings. The summed E-state index contributed by atoms with van der Waals surface area (Å²) >= 11 is 6.41. The van der Waals surface area contributed by atoms with Crippen LogP contribution in [-0.4, -0.2) is 71.7 Å². The molecule has 1 fully saturated rings. The summed E-state index contributed by atoms with van der Waals surface area (Å²) in [6, 6.07) is 13.8. The lowest BCUT2D eigenvalue weighted by molar-refractivity contribution is -0.0562. The van der Waals surface area contributed by atoms with E-state index in [9.17, 15) is 23.1 Å². The van der Waals surface area contributed by atoms with Gasteiger partial charge in [0.25, 0.3) is 0 Å². The summed E-state index contributed by atoms with van der Waals surface area (Å²) in [5.74, 6) is -1.14. The number of aryl methyl sites for hydroxylation is 2. The number of carbonyl (C=O) groups is 2. The van der Waals surface area contributed by atoms with Crippen molar-refractivity contribution in [3.63, 3.8) is 0 Å². The molecule has 11 nitrogen and oxygen atoms in total. The quantitative estimate of drug-likeness (QED) is 0.164. The monoisotopic (exact) mass is 627 g/mol. The van der Waals surface area contributed by atoms with Gasteiger partial charge >= 0.3 is 11.9 Å². The molecule has 1 saturated heterocycles. The number of rotatable bonds is 9. The zero-order valence-electron chi connectivity index (χ0n) is 23.7. The van der Waals surface area contributed by atoms with E-state index in [1.54, 1.807) is 59.3 Å². The van der Waals surface area contributed by atoms with Crippen molar-refractivity contribution in [2.24, 2.45) is 0 Å². The molecule has 0 saturated carbocycles. The molecule has 3 atom stereocenters. The Hall–Kier alpha value is -3.84. The van der Waals surface area contributed by atoms with Crippen LogP contribution in [0.4, 0.5) is 0 Å². The number of hydrogen-bond acceptors (Lipinski definition) is 10. The molecular formula is C30H30ClN3O8S. The van der Waals surface area contributed by atoms with Gasteiger partial charge in [-0.1, -0.05) is 47.0 Å². The van der Waals surface area contributed by atoms with E-state index < -0.39 is 45.4 Å². The first-order chi connectivity index (χ1) is 20.4. The summed E-state index contributed by atoms with van der Waals surface area (Å²) in [4.78, 5) is 34.0. The fourth-order valence-electron chi connectivity index (χ4n) is 4.83. The number of benzene rings is 2. The zero-order chi connectivity index (χ0) is 30.9. The lowest BCUT2D eigenvalue weighted by Crippen LogP contribution is -2.32. The molecule has 0 amide bonds. The maximum Gasteiger partial charge on any atom is 0.338 e. The Morgan fingerprint density at radius 1 is 1.02 bits per heavy atom. The molecule has 1 aliphatic rings. The minimum Gasteiger partial charge on any atom is -0.459 e. The van der Waals surface area contributed by atoms with Crippen molar-refractivity contribution < 1.29 is 37.3 Å². The molecule has 1 unspecified atom stereocenters. The number of sulfone groups is 1. The third kappa shape index (κ3) is 6.72. The van der Waals surface area contributed by atoms with Gasteiger partial charge in [0.2, 0.25) is 15.0 Å². The molecule has 0 radical (unpaired) electrons. The molecule has 0 aliphatic carbocycles. The van der Waals surface area contributed by atoms with Gasteiger partial charge in [-0.15, -0.1) is 0 Å². The molecule has 1 aliphatic heterocycles. The predicted octanol–water partition coefficient (Wildman–Crippen LogP) is 4.01. The average molecular weight is 628 g/mol. The number of fused-ring (bicyclic) bond motifs is 1. The van der Waals surface area contributed by atoms with E-state index in [4.69, 9.17) is 25.8 Å². The van der Waals surface area contributed by atoms with Gasteiger partial charge in [-0.2, -0.15) is 4.98 Å². The van der Waals surface area contributed by atoms with Crippen LogP contribution < -0.4 is 0 Å². The maximum atomic E-state index is 13.1. The Balaban J connectivity index is 1.47. The third-order valence-corrected chi connectivity index (χ3v) is 8.22. The van der Waals surface area contributed by atoms with Crippen LogP contribution in [0.15, 0.2) is 59.9 Å². The standard InChI is InChI=1S/C30H30ClN3O8S/c1-17-4-8-19(9-5-17)28(36)40-16-23-22(42-29(37)20-10-6-18(2)7-11-20)14-24(41-23)34-15-21(12-13-35)25-26(31)32-30(33-27(25)34)43(3,38)39/h4-11,15,22-24,35H,12-14,16H2,1-3H3/t22-,23+,24?/m0/s1. The number of carbonyl (C=O) groups excluding carboxylic acids is 2. The highest BCUT2D eigenvalue weighted by Crippen LogP contribution is 2.37. The minimum atomic E-state index is -3.82. The lowest BCUT2D eigenvalue weighted by atomic mass is 10.1. The smallest absolute Gasteiger partial charge is 0.338 e. The van der Waals surface area contributed by atoms with Gasteiger partial charge < -0.3 is 23.9 Å². The van der Waals surface area contributed by atoms with Crippen LogP contribution >= 0.6 is 11.6 Å². The topological polar surface area (TPSA) is 147 Å². The number of ether oxygens (including phenoxy) is 3. The number of aliphatic hydroxyl groups is 1. The highest BCUT2D eigenvalue weighted by Gasteiger charge is 2.41. The second kappa shape index (κ2) is 12.4. The molecular weight excluding hydrogens is 598 g/mol. The van der Waals surface area contributed by atoms with Crippen LogP contribution in [0.25, 0.3) is 11.0 Å². The van der Waals surface area contributed by atoms with Gasteiger partial charge in [-0.25, -0.2) is 23.0 Å². The second-order valence-electron chi connectivity index (χ2n) is 10.4. The average Bonchev–Trinajstić information content (AvgIpc) is 3.53. The Morgan fingerprint density at radius 3 is 2.21 bits per heavy atom. The van der Waals surface area contributed by atoms with Crippen LogP contribution in [0.5, 0.6) is 0 Å². The summed E-state index contributed by atoms with van der Waals surface area (Å²) in [6.07, 6.45) is 0.431. The number of nitrogens with zero attached hydrogens (tertiary/aromatic N) is 3. The first-order valence-corrected chi connectivity index (χ1v) is 15.8. The van der Waals surface area contributed by atoms with E-state index in [0.717, 1.165) is 17.4 Å². The molecule has 5 rings (SSSR count). The van der Waals surface area contributed by atoms with Gasteiger partial charge in [-0.05, 0) is 50.1 Å². The van der Waals surface area contributed by atoms with Gasteiger partial charge in [-0.3, -0.25) is 0 Å². The van der Waals surface area contributed by atoms with Crippen LogP contribution in [0.1, 0.15) is 50.1 Å². The molecule has 13 heteroatoms. The number of hydrogen-bond donors (Lipinski definition) is 1. The molecule has 2 aromatic carbocycles. The van der Waals surface area contributed by atoms with E-state index >= 15 is 0 Å². The number of halogens is 1. The molecule has 226 valence electrons. The van der Waals surface area contributed by atoms with Crippen LogP contribution in [0.2, 0.25) is 5.15 Å². The van der Waals surface area contributed by atoms with Crippen molar-refractivity contribution in [3.8, 4) is 0 Å². The summed E-state index contributed by atoms with van der Waals surface area (Å²) in [5, 5.41) is 9.46. The zero-order valence-corrected chi connectivity index (χ0v) is 25.3. The highest BCUT2D eigenvalue weighted by atomic mass is 35.5. The second-order valence-corrected chi connectivity index (χ2v) is 12.7. The first kappa shape index (κ1) is 30.6. The normalized spacial score (nSPS) is 18.6. The Labute approximate surface area is 253 Å². The summed E-state index contributed by atoms with van der Waals surface area (Å²) in [5.41, 5.74) is 3.43.